The Hall–Kier alpha value is -4.02. The molecule has 190 valence electrons. The fourth-order valence-electron chi connectivity index (χ4n) is 4.51. The third-order valence-corrected chi connectivity index (χ3v) is 6.56. The third-order valence-electron chi connectivity index (χ3n) is 6.28. The molecule has 2 aliphatic heterocycles. The van der Waals surface area contributed by atoms with Crippen LogP contribution in [-0.4, -0.2) is 65.2 Å². The van der Waals surface area contributed by atoms with Crippen LogP contribution in [0.15, 0.2) is 60.3 Å². The highest BCUT2D eigenvalue weighted by Gasteiger charge is 2.35. The van der Waals surface area contributed by atoms with Gasteiger partial charge in [0.15, 0.2) is 5.11 Å². The van der Waals surface area contributed by atoms with Crippen LogP contribution in [-0.2, 0) is 25.7 Å². The van der Waals surface area contributed by atoms with Crippen molar-refractivity contribution in [1.82, 2.24) is 14.8 Å². The number of morpholine rings is 1. The van der Waals surface area contributed by atoms with Gasteiger partial charge in [-0.15, -0.1) is 0 Å². The molecule has 3 aromatic rings. The lowest BCUT2D eigenvalue weighted by Crippen LogP contribution is -2.54. The molecule has 2 fully saturated rings. The summed E-state index contributed by atoms with van der Waals surface area (Å²) >= 11 is 5.33. The van der Waals surface area contributed by atoms with E-state index >= 15 is 0 Å². The van der Waals surface area contributed by atoms with Gasteiger partial charge in [0.25, 0.3) is 11.8 Å². The van der Waals surface area contributed by atoms with Gasteiger partial charge < -0.3 is 18.9 Å². The Bertz CT molecular complexity index is 1420. The molecule has 2 aliphatic rings. The van der Waals surface area contributed by atoms with Gasteiger partial charge in [-0.25, -0.2) is 0 Å². The van der Waals surface area contributed by atoms with Crippen LogP contribution < -0.4 is 15.0 Å². The maximum atomic E-state index is 13.5. The molecular formula is C27H26N4O5S. The highest BCUT2D eigenvalue weighted by Crippen LogP contribution is 2.28. The molecule has 3 amide bonds. The smallest absolute Gasteiger partial charge is 0.270 e. The number of para-hydroxylation sites is 1. The lowest BCUT2D eigenvalue weighted by molar-refractivity contribution is -0.135. The number of aromatic nitrogens is 1. The minimum atomic E-state index is -0.576. The minimum absolute atomic E-state index is 0.000616. The van der Waals surface area contributed by atoms with E-state index in [0.29, 0.717) is 49.9 Å². The second kappa shape index (κ2) is 10.5. The van der Waals surface area contributed by atoms with Crippen LogP contribution in [0.5, 0.6) is 5.75 Å². The maximum Gasteiger partial charge on any atom is 0.270 e. The fourth-order valence-corrected chi connectivity index (χ4v) is 4.79. The number of rotatable bonds is 6. The van der Waals surface area contributed by atoms with Crippen molar-refractivity contribution in [3.8, 4) is 5.75 Å². The lowest BCUT2D eigenvalue weighted by Gasteiger charge is -2.29. The second-order valence-corrected chi connectivity index (χ2v) is 9.00. The van der Waals surface area contributed by atoms with E-state index in [0.717, 1.165) is 10.9 Å². The highest BCUT2D eigenvalue weighted by molar-refractivity contribution is 7.80. The van der Waals surface area contributed by atoms with Crippen molar-refractivity contribution in [2.75, 3.05) is 37.8 Å². The highest BCUT2D eigenvalue weighted by atomic mass is 32.1. The first-order valence-electron chi connectivity index (χ1n) is 12.0. The maximum absolute atomic E-state index is 13.5. The van der Waals surface area contributed by atoms with Crippen molar-refractivity contribution < 1.29 is 23.9 Å². The summed E-state index contributed by atoms with van der Waals surface area (Å²) in [6.45, 7) is 4.66. The molecule has 0 atom stereocenters. The van der Waals surface area contributed by atoms with Crippen molar-refractivity contribution in [2.45, 2.75) is 13.5 Å². The van der Waals surface area contributed by atoms with Gasteiger partial charge in [-0.2, -0.15) is 0 Å². The molecule has 1 aromatic heterocycles. The Labute approximate surface area is 219 Å². The van der Waals surface area contributed by atoms with E-state index in [4.69, 9.17) is 21.7 Å². The van der Waals surface area contributed by atoms with Crippen molar-refractivity contribution in [3.05, 3.63) is 65.9 Å². The number of amides is 3. The summed E-state index contributed by atoms with van der Waals surface area (Å²) in [6.07, 6.45) is 3.35. The standard InChI is InChI=1S/C27H26N4O5S/c1-2-36-20-7-5-6-19(15-20)31-26(34)22(25(33)28-27(31)37)14-18-16-30(23-9-4-3-8-21(18)23)17-24(32)29-10-12-35-13-11-29/h3-9,14-16H,2,10-13,17H2,1H3,(H,28,33,37). The van der Waals surface area contributed by atoms with E-state index in [1.54, 1.807) is 41.4 Å². The molecule has 0 bridgehead atoms. The molecule has 2 aromatic carbocycles. The van der Waals surface area contributed by atoms with Crippen LogP contribution in [0.2, 0.25) is 0 Å². The van der Waals surface area contributed by atoms with Crippen LogP contribution in [0.4, 0.5) is 5.69 Å². The minimum Gasteiger partial charge on any atom is -0.494 e. The topological polar surface area (TPSA) is 93.1 Å². The summed E-state index contributed by atoms with van der Waals surface area (Å²) < 4.78 is 12.7. The van der Waals surface area contributed by atoms with E-state index in [1.807, 2.05) is 35.8 Å². The Morgan fingerprint density at radius 1 is 1.14 bits per heavy atom. The third kappa shape index (κ3) is 4.98. The first kappa shape index (κ1) is 24.7. The molecule has 3 heterocycles. The number of nitrogens with one attached hydrogen (secondary N) is 1. The summed E-state index contributed by atoms with van der Waals surface area (Å²) in [5.41, 5.74) is 1.92. The zero-order valence-corrected chi connectivity index (χ0v) is 21.1. The van der Waals surface area contributed by atoms with Gasteiger partial charge in [-0.05, 0) is 43.4 Å². The average Bonchev–Trinajstić information content (AvgIpc) is 3.24. The molecule has 5 rings (SSSR count). The number of fused-ring (bicyclic) bond motifs is 1. The van der Waals surface area contributed by atoms with E-state index in [1.165, 1.54) is 4.90 Å². The monoisotopic (exact) mass is 518 g/mol. The number of benzene rings is 2. The normalized spacial score (nSPS) is 17.4. The number of carbonyl (C=O) groups is 3. The Morgan fingerprint density at radius 2 is 1.92 bits per heavy atom. The summed E-state index contributed by atoms with van der Waals surface area (Å²) in [4.78, 5) is 42.4. The first-order valence-corrected chi connectivity index (χ1v) is 12.4. The number of carbonyl (C=O) groups excluding carboxylic acids is 3. The first-order chi connectivity index (χ1) is 18.0. The zero-order valence-electron chi connectivity index (χ0n) is 20.3. The van der Waals surface area contributed by atoms with Gasteiger partial charge >= 0.3 is 0 Å². The largest absolute Gasteiger partial charge is 0.494 e. The number of thiocarbonyl (C=S) groups is 1. The van der Waals surface area contributed by atoms with Crippen LogP contribution in [0.25, 0.3) is 17.0 Å². The van der Waals surface area contributed by atoms with Crippen LogP contribution in [0, 0.1) is 0 Å². The second-order valence-electron chi connectivity index (χ2n) is 8.61. The molecule has 1 N–H and O–H groups in total. The van der Waals surface area contributed by atoms with Crippen molar-refractivity contribution in [2.24, 2.45) is 0 Å². The molecule has 0 radical (unpaired) electrons. The SMILES string of the molecule is CCOc1cccc(N2C(=O)C(=Cc3cn(CC(=O)N4CCOCC4)c4ccccc34)C(=O)NC2=S)c1. The fraction of sp³-hybridized carbons (Fsp3) is 0.259. The van der Waals surface area contributed by atoms with Crippen LogP contribution >= 0.6 is 12.2 Å². The Kier molecular flexibility index (Phi) is 7.02. The summed E-state index contributed by atoms with van der Waals surface area (Å²) in [5, 5.41) is 3.44. The predicted molar refractivity (Wildman–Crippen MR) is 143 cm³/mol. The average molecular weight is 519 g/mol. The Balaban J connectivity index is 1.49. The number of hydrogen-bond acceptors (Lipinski definition) is 6. The van der Waals surface area contributed by atoms with E-state index in [9.17, 15) is 14.4 Å². The van der Waals surface area contributed by atoms with E-state index in [2.05, 4.69) is 5.32 Å². The number of ether oxygens (including phenoxy) is 2. The molecule has 0 unspecified atom stereocenters. The van der Waals surface area contributed by atoms with Gasteiger partial charge in [0.2, 0.25) is 5.91 Å². The quantitative estimate of drug-likeness (QED) is 0.307. The molecular weight excluding hydrogens is 492 g/mol. The Morgan fingerprint density at radius 3 is 2.70 bits per heavy atom. The van der Waals surface area contributed by atoms with E-state index in [-0.39, 0.29) is 23.1 Å². The van der Waals surface area contributed by atoms with Crippen molar-refractivity contribution in [3.63, 3.8) is 0 Å². The van der Waals surface area contributed by atoms with Gasteiger partial charge in [0.1, 0.15) is 17.9 Å². The zero-order chi connectivity index (χ0) is 25.9. The van der Waals surface area contributed by atoms with Crippen molar-refractivity contribution in [1.29, 1.82) is 0 Å². The summed E-state index contributed by atoms with van der Waals surface area (Å²) in [7, 11) is 0. The molecule has 0 spiro atoms. The predicted octanol–water partition coefficient (Wildman–Crippen LogP) is 2.73. The van der Waals surface area contributed by atoms with E-state index < -0.39 is 11.8 Å². The summed E-state index contributed by atoms with van der Waals surface area (Å²) in [5.74, 6) is -0.538. The lowest BCUT2D eigenvalue weighted by atomic mass is 10.1. The van der Waals surface area contributed by atoms with Gasteiger partial charge in [-0.1, -0.05) is 24.3 Å². The van der Waals surface area contributed by atoms with Gasteiger partial charge in [0, 0.05) is 41.8 Å². The van der Waals surface area contributed by atoms with Crippen molar-refractivity contribution >= 4 is 57.7 Å². The molecule has 10 heteroatoms. The number of nitrogens with zero attached hydrogens (tertiary/aromatic N) is 3. The summed E-state index contributed by atoms with van der Waals surface area (Å²) in [6, 6.07) is 14.5. The molecule has 0 aliphatic carbocycles. The number of anilines is 1. The molecule has 0 saturated carbocycles. The molecule has 9 nitrogen and oxygen atoms in total. The number of hydrogen-bond donors (Lipinski definition) is 1. The van der Waals surface area contributed by atoms with Gasteiger partial charge in [-0.3, -0.25) is 24.6 Å². The molecule has 2 saturated heterocycles. The van der Waals surface area contributed by atoms with Crippen LogP contribution in [0.3, 0.4) is 0 Å². The molecule has 37 heavy (non-hydrogen) atoms. The van der Waals surface area contributed by atoms with Gasteiger partial charge in [0.05, 0.1) is 25.5 Å². The van der Waals surface area contributed by atoms with Crippen LogP contribution in [0.1, 0.15) is 12.5 Å².